The Morgan fingerprint density at radius 3 is 2.59 bits per heavy atom. The Bertz CT molecular complexity index is 345. The summed E-state index contributed by atoms with van der Waals surface area (Å²) in [5, 5.41) is 0.924. The molecule has 0 amide bonds. The first kappa shape index (κ1) is 12.9. The predicted octanol–water partition coefficient (Wildman–Crippen LogP) is 4.15. The number of halogens is 1. The van der Waals surface area contributed by atoms with E-state index in [0.717, 1.165) is 11.4 Å². The first-order valence-corrected chi connectivity index (χ1v) is 7.16. The molecule has 0 radical (unpaired) electrons. The first-order chi connectivity index (χ1) is 8.31. The van der Waals surface area contributed by atoms with Gasteiger partial charge in [-0.25, -0.2) is 0 Å². The molecule has 0 spiro atoms. The van der Waals surface area contributed by atoms with Crippen molar-refractivity contribution in [1.82, 2.24) is 4.90 Å². The van der Waals surface area contributed by atoms with Crippen molar-refractivity contribution in [3.63, 3.8) is 0 Å². The van der Waals surface area contributed by atoms with Crippen molar-refractivity contribution in [2.75, 3.05) is 13.1 Å². The van der Waals surface area contributed by atoms with Crippen LogP contribution in [0.2, 0.25) is 5.02 Å². The molecule has 2 heteroatoms. The Balaban J connectivity index is 2.04. The normalized spacial score (nSPS) is 18.5. The molecular formula is C15H22ClN. The average molecular weight is 252 g/mol. The second-order valence-corrected chi connectivity index (χ2v) is 5.39. The van der Waals surface area contributed by atoms with Gasteiger partial charge in [0.2, 0.25) is 0 Å². The van der Waals surface area contributed by atoms with Crippen LogP contribution in [0.15, 0.2) is 24.3 Å². The van der Waals surface area contributed by atoms with Gasteiger partial charge in [0.15, 0.2) is 0 Å². The Labute approximate surface area is 110 Å². The molecule has 1 aromatic rings. The third kappa shape index (κ3) is 3.46. The lowest BCUT2D eigenvalue weighted by molar-refractivity contribution is 0.227. The maximum absolute atomic E-state index is 6.26. The molecule has 0 N–H and O–H groups in total. The summed E-state index contributed by atoms with van der Waals surface area (Å²) in [4.78, 5) is 2.65. The van der Waals surface area contributed by atoms with Gasteiger partial charge in [-0.2, -0.15) is 0 Å². The smallest absolute Gasteiger partial charge is 0.0438 e. The van der Waals surface area contributed by atoms with Gasteiger partial charge in [-0.3, -0.25) is 0 Å². The minimum absolute atomic E-state index is 0.683. The Hall–Kier alpha value is -0.530. The summed E-state index contributed by atoms with van der Waals surface area (Å²) >= 11 is 6.26. The zero-order valence-corrected chi connectivity index (χ0v) is 11.4. The highest BCUT2D eigenvalue weighted by Crippen LogP contribution is 2.23. The lowest BCUT2D eigenvalue weighted by Gasteiger charge is -2.27. The fourth-order valence-electron chi connectivity index (χ4n) is 2.77. The van der Waals surface area contributed by atoms with E-state index >= 15 is 0 Å². The molecule has 1 atom stereocenters. The van der Waals surface area contributed by atoms with Gasteiger partial charge in [0.05, 0.1) is 0 Å². The van der Waals surface area contributed by atoms with Crippen molar-refractivity contribution < 1.29 is 0 Å². The number of rotatable bonds is 5. The molecule has 0 bridgehead atoms. The van der Waals surface area contributed by atoms with Gasteiger partial charge in [0.1, 0.15) is 0 Å². The van der Waals surface area contributed by atoms with Gasteiger partial charge in [-0.15, -0.1) is 0 Å². The van der Waals surface area contributed by atoms with Gasteiger partial charge in [0.25, 0.3) is 0 Å². The highest BCUT2D eigenvalue weighted by Gasteiger charge is 2.21. The molecule has 1 fully saturated rings. The minimum Gasteiger partial charge on any atom is -0.300 e. The van der Waals surface area contributed by atoms with Crippen molar-refractivity contribution in [3.8, 4) is 0 Å². The molecule has 0 saturated carbocycles. The van der Waals surface area contributed by atoms with E-state index in [-0.39, 0.29) is 0 Å². The molecule has 2 rings (SSSR count). The summed E-state index contributed by atoms with van der Waals surface area (Å²) in [6.45, 7) is 4.82. The van der Waals surface area contributed by atoms with E-state index in [1.165, 1.54) is 44.3 Å². The molecule has 1 aliphatic rings. The SMILES string of the molecule is CCCC(Cc1ccccc1Cl)N1CCCC1. The van der Waals surface area contributed by atoms with Gasteiger partial charge >= 0.3 is 0 Å². The quantitative estimate of drug-likeness (QED) is 0.760. The van der Waals surface area contributed by atoms with Gasteiger partial charge in [0, 0.05) is 11.1 Å². The lowest BCUT2D eigenvalue weighted by atomic mass is 10.0. The van der Waals surface area contributed by atoms with Crippen molar-refractivity contribution in [3.05, 3.63) is 34.9 Å². The molecule has 1 aliphatic heterocycles. The van der Waals surface area contributed by atoms with Gasteiger partial charge in [-0.05, 0) is 50.4 Å². The van der Waals surface area contributed by atoms with E-state index in [0.29, 0.717) is 6.04 Å². The van der Waals surface area contributed by atoms with Crippen LogP contribution < -0.4 is 0 Å². The van der Waals surface area contributed by atoms with Crippen molar-refractivity contribution >= 4 is 11.6 Å². The van der Waals surface area contributed by atoms with Crippen LogP contribution in [0.4, 0.5) is 0 Å². The van der Waals surface area contributed by atoms with Gasteiger partial charge < -0.3 is 4.90 Å². The number of nitrogens with zero attached hydrogens (tertiary/aromatic N) is 1. The minimum atomic E-state index is 0.683. The highest BCUT2D eigenvalue weighted by atomic mass is 35.5. The highest BCUT2D eigenvalue weighted by molar-refractivity contribution is 6.31. The molecule has 17 heavy (non-hydrogen) atoms. The molecule has 1 heterocycles. The summed E-state index contributed by atoms with van der Waals surface area (Å²) in [7, 11) is 0. The molecule has 94 valence electrons. The summed E-state index contributed by atoms with van der Waals surface area (Å²) < 4.78 is 0. The summed E-state index contributed by atoms with van der Waals surface area (Å²) in [5.41, 5.74) is 1.31. The molecule has 0 aliphatic carbocycles. The van der Waals surface area contributed by atoms with Crippen LogP contribution in [0.5, 0.6) is 0 Å². The molecule has 1 saturated heterocycles. The number of hydrogen-bond acceptors (Lipinski definition) is 1. The number of benzene rings is 1. The maximum atomic E-state index is 6.26. The van der Waals surface area contributed by atoms with E-state index in [2.05, 4.69) is 24.0 Å². The van der Waals surface area contributed by atoms with E-state index in [1.54, 1.807) is 0 Å². The lowest BCUT2D eigenvalue weighted by Crippen LogP contribution is -2.34. The molecule has 1 aromatic carbocycles. The second-order valence-electron chi connectivity index (χ2n) is 4.98. The third-order valence-corrected chi connectivity index (χ3v) is 4.06. The predicted molar refractivity (Wildman–Crippen MR) is 74.7 cm³/mol. The van der Waals surface area contributed by atoms with E-state index in [9.17, 15) is 0 Å². The van der Waals surface area contributed by atoms with Crippen molar-refractivity contribution in [2.45, 2.75) is 45.1 Å². The van der Waals surface area contributed by atoms with Crippen LogP contribution in [0.25, 0.3) is 0 Å². The van der Waals surface area contributed by atoms with Crippen LogP contribution in [-0.2, 0) is 6.42 Å². The van der Waals surface area contributed by atoms with Crippen molar-refractivity contribution in [2.24, 2.45) is 0 Å². The molecule has 1 nitrogen and oxygen atoms in total. The number of likely N-dealkylation sites (tertiary alicyclic amines) is 1. The fraction of sp³-hybridized carbons (Fsp3) is 0.600. The van der Waals surface area contributed by atoms with Crippen LogP contribution in [-0.4, -0.2) is 24.0 Å². The summed E-state index contributed by atoms with van der Waals surface area (Å²) in [6, 6.07) is 8.96. The monoisotopic (exact) mass is 251 g/mol. The summed E-state index contributed by atoms with van der Waals surface area (Å²) in [5.74, 6) is 0. The summed E-state index contributed by atoms with van der Waals surface area (Å²) in [6.07, 6.45) is 6.37. The third-order valence-electron chi connectivity index (χ3n) is 3.69. The van der Waals surface area contributed by atoms with E-state index in [4.69, 9.17) is 11.6 Å². The molecular weight excluding hydrogens is 230 g/mol. The topological polar surface area (TPSA) is 3.24 Å². The zero-order valence-electron chi connectivity index (χ0n) is 10.7. The van der Waals surface area contributed by atoms with Crippen LogP contribution >= 0.6 is 11.6 Å². The molecule has 1 unspecified atom stereocenters. The largest absolute Gasteiger partial charge is 0.300 e. The van der Waals surface area contributed by atoms with Crippen LogP contribution in [0.1, 0.15) is 38.2 Å². The Morgan fingerprint density at radius 1 is 1.24 bits per heavy atom. The fourth-order valence-corrected chi connectivity index (χ4v) is 2.98. The van der Waals surface area contributed by atoms with E-state index in [1.807, 2.05) is 12.1 Å². The standard InChI is InChI=1S/C15H22ClN/c1-2-7-14(17-10-5-6-11-17)12-13-8-3-4-9-15(13)16/h3-4,8-9,14H,2,5-7,10-12H2,1H3. The van der Waals surface area contributed by atoms with Crippen LogP contribution in [0.3, 0.4) is 0 Å². The van der Waals surface area contributed by atoms with Gasteiger partial charge in [-0.1, -0.05) is 43.1 Å². The second kappa shape index (κ2) is 6.42. The van der Waals surface area contributed by atoms with E-state index < -0.39 is 0 Å². The first-order valence-electron chi connectivity index (χ1n) is 6.78. The van der Waals surface area contributed by atoms with Crippen LogP contribution in [0, 0.1) is 0 Å². The maximum Gasteiger partial charge on any atom is 0.0438 e. The van der Waals surface area contributed by atoms with Crippen molar-refractivity contribution in [1.29, 1.82) is 0 Å². The Kier molecular flexibility index (Phi) is 4.87. The number of hydrogen-bond donors (Lipinski definition) is 0. The zero-order chi connectivity index (χ0) is 12.1. The Morgan fingerprint density at radius 2 is 1.94 bits per heavy atom. The average Bonchev–Trinajstić information content (AvgIpc) is 2.85. The molecule has 0 aromatic heterocycles.